The molecule has 2 aliphatic heterocycles. The van der Waals surface area contributed by atoms with Gasteiger partial charge < -0.3 is 25.6 Å². The molecule has 0 aromatic carbocycles. The van der Waals surface area contributed by atoms with Crippen LogP contribution in [-0.2, 0) is 4.79 Å². The number of aliphatic hydroxyl groups excluding tert-OH is 1. The van der Waals surface area contributed by atoms with Gasteiger partial charge in [0.05, 0.1) is 16.4 Å². The standard InChI is InChI=1S/C16H20N6O2S.ClH/c17-10-5-11(23)7-22(6-10)16(24)13-8-21(3-4-25-13)15-12-1-2-18-14(12)19-9-20-15;/h1-2,8-11,23H,3-7,17H2,(H,18,19,20);1H/t10-,11+;/m1./s1. The summed E-state index contributed by atoms with van der Waals surface area (Å²) in [6, 6.07) is 1.75. The Morgan fingerprint density at radius 3 is 3.04 bits per heavy atom. The van der Waals surface area contributed by atoms with Crippen molar-refractivity contribution >= 4 is 46.9 Å². The Morgan fingerprint density at radius 2 is 2.23 bits per heavy atom. The third-order valence-electron chi connectivity index (χ3n) is 4.43. The Morgan fingerprint density at radius 1 is 1.38 bits per heavy atom. The number of aromatic amines is 1. The lowest BCUT2D eigenvalue weighted by Gasteiger charge is -2.35. The monoisotopic (exact) mass is 396 g/mol. The molecule has 1 fully saturated rings. The molecule has 10 heteroatoms. The van der Waals surface area contributed by atoms with Crippen molar-refractivity contribution in [2.24, 2.45) is 5.73 Å². The summed E-state index contributed by atoms with van der Waals surface area (Å²) in [5.74, 6) is 1.49. The first-order valence-electron chi connectivity index (χ1n) is 8.24. The number of likely N-dealkylation sites (tertiary alicyclic amines) is 1. The van der Waals surface area contributed by atoms with Crippen LogP contribution < -0.4 is 10.6 Å². The molecule has 1 amide bonds. The van der Waals surface area contributed by atoms with Crippen molar-refractivity contribution in [3.8, 4) is 0 Å². The van der Waals surface area contributed by atoms with Crippen LogP contribution in [0.25, 0.3) is 11.0 Å². The zero-order valence-electron chi connectivity index (χ0n) is 14.0. The maximum absolute atomic E-state index is 12.8. The van der Waals surface area contributed by atoms with Crippen LogP contribution in [0.3, 0.4) is 0 Å². The van der Waals surface area contributed by atoms with Crippen LogP contribution in [0.5, 0.6) is 0 Å². The van der Waals surface area contributed by atoms with Gasteiger partial charge in [0.25, 0.3) is 5.91 Å². The maximum Gasteiger partial charge on any atom is 0.261 e. The van der Waals surface area contributed by atoms with Gasteiger partial charge in [0.15, 0.2) is 0 Å². The molecule has 8 nitrogen and oxygen atoms in total. The van der Waals surface area contributed by atoms with Crippen molar-refractivity contribution in [2.75, 3.05) is 30.3 Å². The minimum atomic E-state index is -0.556. The number of halogens is 1. The summed E-state index contributed by atoms with van der Waals surface area (Å²) in [6.45, 7) is 1.57. The molecule has 26 heavy (non-hydrogen) atoms. The van der Waals surface area contributed by atoms with Gasteiger partial charge in [-0.05, 0) is 12.5 Å². The van der Waals surface area contributed by atoms with Gasteiger partial charge in [-0.15, -0.1) is 24.2 Å². The topological polar surface area (TPSA) is 111 Å². The van der Waals surface area contributed by atoms with E-state index in [0.29, 0.717) is 24.4 Å². The molecule has 2 atom stereocenters. The fraction of sp³-hybridized carbons (Fsp3) is 0.438. The summed E-state index contributed by atoms with van der Waals surface area (Å²) in [4.78, 5) is 28.8. The van der Waals surface area contributed by atoms with Crippen molar-refractivity contribution in [3.05, 3.63) is 29.7 Å². The molecule has 0 saturated carbocycles. The lowest BCUT2D eigenvalue weighted by Crippen LogP contribution is -2.51. The fourth-order valence-electron chi connectivity index (χ4n) is 3.30. The first-order chi connectivity index (χ1) is 12.1. The number of nitrogens with one attached hydrogen (secondary N) is 1. The zero-order valence-corrected chi connectivity index (χ0v) is 15.7. The highest BCUT2D eigenvalue weighted by Crippen LogP contribution is 2.30. The summed E-state index contributed by atoms with van der Waals surface area (Å²) in [6.07, 6.45) is 5.17. The highest BCUT2D eigenvalue weighted by Gasteiger charge is 2.30. The van der Waals surface area contributed by atoms with Gasteiger partial charge in [0.1, 0.15) is 17.8 Å². The first kappa shape index (κ1) is 19.0. The number of amides is 1. The third-order valence-corrected chi connectivity index (χ3v) is 5.40. The molecule has 0 unspecified atom stereocenters. The van der Waals surface area contributed by atoms with Gasteiger partial charge in [-0.25, -0.2) is 9.97 Å². The van der Waals surface area contributed by atoms with E-state index in [-0.39, 0.29) is 24.4 Å². The molecule has 0 aliphatic carbocycles. The van der Waals surface area contributed by atoms with Crippen LogP contribution in [0.4, 0.5) is 5.82 Å². The second-order valence-electron chi connectivity index (χ2n) is 6.33. The number of β-amino-alcohol motifs (C(OH)–C–C–N with tert-alkyl or cyclic N) is 1. The number of piperidine rings is 1. The number of nitrogens with zero attached hydrogens (tertiary/aromatic N) is 4. The van der Waals surface area contributed by atoms with Crippen molar-refractivity contribution in [2.45, 2.75) is 18.6 Å². The zero-order chi connectivity index (χ0) is 17.4. The first-order valence-corrected chi connectivity index (χ1v) is 9.22. The number of anilines is 1. The number of aromatic nitrogens is 3. The summed E-state index contributed by atoms with van der Waals surface area (Å²) < 4.78 is 0. The van der Waals surface area contributed by atoms with Gasteiger partial charge in [-0.2, -0.15) is 0 Å². The van der Waals surface area contributed by atoms with Crippen LogP contribution >= 0.6 is 24.2 Å². The average molecular weight is 397 g/mol. The Bertz CT molecular complexity index is 818. The maximum atomic E-state index is 12.8. The van der Waals surface area contributed by atoms with Crippen LogP contribution in [0.15, 0.2) is 29.7 Å². The van der Waals surface area contributed by atoms with Gasteiger partial charge >= 0.3 is 0 Å². The molecule has 4 heterocycles. The largest absolute Gasteiger partial charge is 0.391 e. The minimum absolute atomic E-state index is 0. The molecule has 0 radical (unpaired) electrons. The van der Waals surface area contributed by atoms with E-state index in [1.165, 1.54) is 18.1 Å². The highest BCUT2D eigenvalue weighted by atomic mass is 35.5. The van der Waals surface area contributed by atoms with Crippen LogP contribution in [-0.4, -0.2) is 68.4 Å². The van der Waals surface area contributed by atoms with E-state index in [1.807, 2.05) is 23.4 Å². The van der Waals surface area contributed by atoms with E-state index in [4.69, 9.17) is 5.73 Å². The lowest BCUT2D eigenvalue weighted by molar-refractivity contribution is -0.129. The second kappa shape index (κ2) is 7.83. The molecule has 140 valence electrons. The number of thioether (sulfide) groups is 1. The molecule has 1 saturated heterocycles. The smallest absolute Gasteiger partial charge is 0.261 e. The van der Waals surface area contributed by atoms with Gasteiger partial charge in [-0.1, -0.05) is 0 Å². The third kappa shape index (κ3) is 3.66. The predicted octanol–water partition coefficient (Wildman–Crippen LogP) is 0.695. The molecule has 4 N–H and O–H groups in total. The Balaban J connectivity index is 0.00000196. The average Bonchev–Trinajstić information content (AvgIpc) is 3.09. The molecule has 2 aliphatic rings. The number of aliphatic hydroxyl groups is 1. The van der Waals surface area contributed by atoms with Gasteiger partial charge in [0, 0.05) is 43.8 Å². The summed E-state index contributed by atoms with van der Waals surface area (Å²) in [7, 11) is 0. The molecule has 2 aromatic heterocycles. The quantitative estimate of drug-likeness (QED) is 0.684. The van der Waals surface area contributed by atoms with Crippen LogP contribution in [0.1, 0.15) is 6.42 Å². The Labute approximate surface area is 161 Å². The molecule has 0 bridgehead atoms. The number of H-pyrrole nitrogens is 1. The van der Waals surface area contributed by atoms with Crippen LogP contribution in [0.2, 0.25) is 0 Å². The summed E-state index contributed by atoms with van der Waals surface area (Å²) in [5.41, 5.74) is 6.71. The van der Waals surface area contributed by atoms with E-state index in [9.17, 15) is 9.90 Å². The number of carbonyl (C=O) groups excluding carboxylic acids is 1. The van der Waals surface area contributed by atoms with Crippen LogP contribution in [0, 0.1) is 0 Å². The van der Waals surface area contributed by atoms with E-state index in [0.717, 1.165) is 29.1 Å². The summed E-state index contributed by atoms with van der Waals surface area (Å²) >= 11 is 1.53. The molecular formula is C16H21ClN6O2S. The fourth-order valence-corrected chi connectivity index (χ4v) is 4.26. The van der Waals surface area contributed by atoms with Crippen molar-refractivity contribution < 1.29 is 9.90 Å². The van der Waals surface area contributed by atoms with E-state index in [1.54, 1.807) is 4.90 Å². The number of rotatable bonds is 2. The normalized spacial score (nSPS) is 23.5. The SMILES string of the molecule is Cl.N[C@@H]1C[C@H](O)CN(C(=O)C2=CN(c3ncnc4[nH]ccc34)CCS2)C1. The number of carbonyl (C=O) groups is 1. The van der Waals surface area contributed by atoms with Gasteiger partial charge in [-0.3, -0.25) is 4.79 Å². The Kier molecular flexibility index (Phi) is 5.71. The second-order valence-corrected chi connectivity index (χ2v) is 7.47. The number of hydrogen-bond acceptors (Lipinski definition) is 7. The molecule has 2 aromatic rings. The predicted molar refractivity (Wildman–Crippen MR) is 104 cm³/mol. The van der Waals surface area contributed by atoms with Crippen molar-refractivity contribution in [1.82, 2.24) is 19.9 Å². The molecular weight excluding hydrogens is 376 g/mol. The minimum Gasteiger partial charge on any atom is -0.391 e. The Hall–Kier alpha value is -1.81. The number of fused-ring (bicyclic) bond motifs is 1. The molecule has 0 spiro atoms. The lowest BCUT2D eigenvalue weighted by atomic mass is 10.0. The summed E-state index contributed by atoms with van der Waals surface area (Å²) in [5, 5.41) is 10.8. The molecule has 4 rings (SSSR count). The van der Waals surface area contributed by atoms with E-state index >= 15 is 0 Å². The van der Waals surface area contributed by atoms with E-state index < -0.39 is 6.10 Å². The van der Waals surface area contributed by atoms with Crippen molar-refractivity contribution in [3.63, 3.8) is 0 Å². The van der Waals surface area contributed by atoms with Gasteiger partial charge in [0.2, 0.25) is 0 Å². The number of hydrogen-bond donors (Lipinski definition) is 3. The van der Waals surface area contributed by atoms with E-state index in [2.05, 4.69) is 15.0 Å². The number of nitrogens with two attached hydrogens (primary N) is 1. The van der Waals surface area contributed by atoms with Crippen molar-refractivity contribution in [1.29, 1.82) is 0 Å². The highest BCUT2D eigenvalue weighted by molar-refractivity contribution is 8.04.